The van der Waals surface area contributed by atoms with Crippen LogP contribution in [-0.4, -0.2) is 31.6 Å². The molecule has 5 nitrogen and oxygen atoms in total. The average molecular weight is 306 g/mol. The van der Waals surface area contributed by atoms with E-state index in [1.165, 1.54) is 4.31 Å². The van der Waals surface area contributed by atoms with E-state index in [0.29, 0.717) is 36.8 Å². The summed E-state index contributed by atoms with van der Waals surface area (Å²) in [5, 5.41) is 8.74. The van der Waals surface area contributed by atoms with Crippen LogP contribution in [-0.2, 0) is 20.6 Å². The Balaban J connectivity index is 2.06. The van der Waals surface area contributed by atoms with Crippen LogP contribution in [0, 0.1) is 11.3 Å². The van der Waals surface area contributed by atoms with Gasteiger partial charge in [0.15, 0.2) is 0 Å². The topological polar surface area (TPSA) is 78.2 Å². The van der Waals surface area contributed by atoms with E-state index in [1.807, 2.05) is 6.07 Å². The van der Waals surface area contributed by atoms with E-state index in [9.17, 15) is 13.2 Å². The monoisotopic (exact) mass is 306 g/mol. The van der Waals surface area contributed by atoms with E-state index in [0.717, 1.165) is 0 Å². The number of hydrogen-bond acceptors (Lipinski definition) is 4. The van der Waals surface area contributed by atoms with E-state index in [1.54, 1.807) is 31.3 Å². The van der Waals surface area contributed by atoms with E-state index >= 15 is 0 Å². The largest absolute Gasteiger partial charge is 0.300 e. The van der Waals surface area contributed by atoms with Crippen molar-refractivity contribution < 1.29 is 13.2 Å². The molecule has 6 heteroatoms. The number of nitrogens with zero attached hydrogens (tertiary/aromatic N) is 2. The Morgan fingerprint density at radius 2 is 1.81 bits per heavy atom. The van der Waals surface area contributed by atoms with Crippen molar-refractivity contribution in [1.82, 2.24) is 4.31 Å². The molecule has 1 aromatic rings. The molecule has 0 unspecified atom stereocenters. The number of sulfonamides is 1. The number of Topliss-reactive ketones (excluding diaryl/α,β-unsaturated/α-hetero) is 1. The Hall–Kier alpha value is -1.71. The first kappa shape index (κ1) is 15.7. The molecule has 0 atom stereocenters. The second-order valence-electron chi connectivity index (χ2n) is 5.35. The highest BCUT2D eigenvalue weighted by Gasteiger charge is 2.29. The first-order valence-electron chi connectivity index (χ1n) is 6.89. The Bertz CT molecular complexity index is 649. The number of hydrogen-bond donors (Lipinski definition) is 0. The van der Waals surface area contributed by atoms with Crippen LogP contribution in [0.3, 0.4) is 0 Å². The maximum absolute atomic E-state index is 12.4. The summed E-state index contributed by atoms with van der Waals surface area (Å²) in [6.45, 7) is 0. The van der Waals surface area contributed by atoms with Gasteiger partial charge < -0.3 is 0 Å². The number of nitriles is 1. The van der Waals surface area contributed by atoms with Crippen LogP contribution in [0.2, 0.25) is 0 Å². The fraction of sp³-hybridized carbons (Fsp3) is 0.467. The maximum atomic E-state index is 12.4. The molecule has 0 N–H and O–H groups in total. The predicted molar refractivity (Wildman–Crippen MR) is 78.8 cm³/mol. The first-order chi connectivity index (χ1) is 9.92. The van der Waals surface area contributed by atoms with Crippen molar-refractivity contribution in [2.45, 2.75) is 37.5 Å². The van der Waals surface area contributed by atoms with Gasteiger partial charge in [0.2, 0.25) is 10.0 Å². The van der Waals surface area contributed by atoms with E-state index in [4.69, 9.17) is 5.26 Å². The third-order valence-corrected chi connectivity index (χ3v) is 5.77. The van der Waals surface area contributed by atoms with Gasteiger partial charge in [-0.15, -0.1) is 0 Å². The zero-order chi connectivity index (χ0) is 15.5. The molecular formula is C15H18N2O3S. The molecule has 1 aliphatic rings. The molecule has 0 heterocycles. The lowest BCUT2D eigenvalue weighted by Crippen LogP contribution is -2.40. The zero-order valence-corrected chi connectivity index (χ0v) is 12.8. The molecule has 112 valence electrons. The van der Waals surface area contributed by atoms with Crippen LogP contribution in [0.25, 0.3) is 0 Å². The summed E-state index contributed by atoms with van der Waals surface area (Å²) in [6.07, 6.45) is 2.12. The number of benzene rings is 1. The standard InChI is InChI=1S/C15H18N2O3S/c1-17(14-6-8-15(18)9-7-14)21(19,20)11-13-4-2-12(10-16)3-5-13/h2-5,14H,6-9,11H2,1H3. The molecule has 0 spiro atoms. The molecular weight excluding hydrogens is 288 g/mol. The van der Waals surface area contributed by atoms with Gasteiger partial charge in [-0.3, -0.25) is 4.79 Å². The molecule has 21 heavy (non-hydrogen) atoms. The number of carbonyl (C=O) groups excluding carboxylic acids is 1. The summed E-state index contributed by atoms with van der Waals surface area (Å²) < 4.78 is 26.2. The highest BCUT2D eigenvalue weighted by Crippen LogP contribution is 2.23. The third-order valence-electron chi connectivity index (χ3n) is 3.90. The van der Waals surface area contributed by atoms with Crippen molar-refractivity contribution >= 4 is 15.8 Å². The van der Waals surface area contributed by atoms with Crippen molar-refractivity contribution in [3.05, 3.63) is 35.4 Å². The number of carbonyl (C=O) groups is 1. The Kier molecular flexibility index (Phi) is 4.76. The second kappa shape index (κ2) is 6.37. The van der Waals surface area contributed by atoms with Gasteiger partial charge in [0, 0.05) is 25.9 Å². The van der Waals surface area contributed by atoms with E-state index in [2.05, 4.69) is 0 Å². The number of ketones is 1. The lowest BCUT2D eigenvalue weighted by molar-refractivity contribution is -0.120. The molecule has 2 rings (SSSR count). The molecule has 0 saturated heterocycles. The second-order valence-corrected chi connectivity index (χ2v) is 7.38. The summed E-state index contributed by atoms with van der Waals surface area (Å²) in [5.74, 6) is 0.128. The minimum Gasteiger partial charge on any atom is -0.300 e. The van der Waals surface area contributed by atoms with Crippen LogP contribution in [0.5, 0.6) is 0 Å². The summed E-state index contributed by atoms with van der Waals surface area (Å²) in [4.78, 5) is 11.2. The van der Waals surface area contributed by atoms with Crippen LogP contribution >= 0.6 is 0 Å². The van der Waals surface area contributed by atoms with E-state index < -0.39 is 10.0 Å². The molecule has 1 aromatic carbocycles. The molecule has 0 aliphatic heterocycles. The molecule has 1 fully saturated rings. The first-order valence-corrected chi connectivity index (χ1v) is 8.50. The summed E-state index contributed by atoms with van der Waals surface area (Å²) >= 11 is 0. The summed E-state index contributed by atoms with van der Waals surface area (Å²) in [7, 11) is -1.83. The van der Waals surface area contributed by atoms with Gasteiger partial charge >= 0.3 is 0 Å². The highest BCUT2D eigenvalue weighted by molar-refractivity contribution is 7.88. The lowest BCUT2D eigenvalue weighted by atomic mass is 9.95. The molecule has 1 saturated carbocycles. The van der Waals surface area contributed by atoms with Crippen molar-refractivity contribution in [2.75, 3.05) is 7.05 Å². The van der Waals surface area contributed by atoms with Gasteiger partial charge in [-0.2, -0.15) is 5.26 Å². The Morgan fingerprint density at radius 1 is 1.24 bits per heavy atom. The summed E-state index contributed by atoms with van der Waals surface area (Å²) in [6, 6.07) is 8.46. The summed E-state index contributed by atoms with van der Waals surface area (Å²) in [5.41, 5.74) is 1.17. The average Bonchev–Trinajstić information content (AvgIpc) is 2.48. The van der Waals surface area contributed by atoms with E-state index in [-0.39, 0.29) is 17.6 Å². The minimum absolute atomic E-state index is 0.0837. The van der Waals surface area contributed by atoms with Crippen molar-refractivity contribution in [3.8, 4) is 6.07 Å². The van der Waals surface area contributed by atoms with Crippen molar-refractivity contribution in [3.63, 3.8) is 0 Å². The number of rotatable bonds is 4. The SMILES string of the molecule is CN(C1CCC(=O)CC1)S(=O)(=O)Cc1ccc(C#N)cc1. The van der Waals surface area contributed by atoms with Gasteiger partial charge in [0.05, 0.1) is 17.4 Å². The fourth-order valence-electron chi connectivity index (χ4n) is 2.50. The quantitative estimate of drug-likeness (QED) is 0.850. The van der Waals surface area contributed by atoms with Crippen LogP contribution in [0.1, 0.15) is 36.8 Å². The Labute approximate surface area is 125 Å². The molecule has 0 aromatic heterocycles. The lowest BCUT2D eigenvalue weighted by Gasteiger charge is -2.30. The maximum Gasteiger partial charge on any atom is 0.218 e. The van der Waals surface area contributed by atoms with Gasteiger partial charge in [0.25, 0.3) is 0 Å². The van der Waals surface area contributed by atoms with Gasteiger partial charge in [-0.05, 0) is 30.5 Å². The predicted octanol–water partition coefficient (Wildman–Crippen LogP) is 1.83. The van der Waals surface area contributed by atoms with Gasteiger partial charge in [-0.1, -0.05) is 12.1 Å². The molecule has 0 radical (unpaired) electrons. The van der Waals surface area contributed by atoms with Crippen LogP contribution < -0.4 is 0 Å². The molecule has 0 bridgehead atoms. The Morgan fingerprint density at radius 3 is 2.33 bits per heavy atom. The zero-order valence-electron chi connectivity index (χ0n) is 11.9. The van der Waals surface area contributed by atoms with Crippen LogP contribution in [0.4, 0.5) is 0 Å². The van der Waals surface area contributed by atoms with Crippen molar-refractivity contribution in [1.29, 1.82) is 5.26 Å². The van der Waals surface area contributed by atoms with Crippen molar-refractivity contribution in [2.24, 2.45) is 0 Å². The van der Waals surface area contributed by atoms with Gasteiger partial charge in [0.1, 0.15) is 5.78 Å². The van der Waals surface area contributed by atoms with Crippen LogP contribution in [0.15, 0.2) is 24.3 Å². The fourth-order valence-corrected chi connectivity index (χ4v) is 3.99. The molecule has 0 amide bonds. The highest BCUT2D eigenvalue weighted by atomic mass is 32.2. The smallest absolute Gasteiger partial charge is 0.218 e. The molecule has 1 aliphatic carbocycles. The normalized spacial score (nSPS) is 16.9. The van der Waals surface area contributed by atoms with Gasteiger partial charge in [-0.25, -0.2) is 12.7 Å². The third kappa shape index (κ3) is 3.90. The minimum atomic E-state index is -3.41.